The molecule has 732 valence electrons. The molecule has 143 heavy (non-hydrogen) atoms. The molecule has 16 fully saturated rings. The number of hydrogen-bond acceptors (Lipinski definition) is 12. The van der Waals surface area contributed by atoms with Gasteiger partial charge in [-0.1, -0.05) is 133 Å². The van der Waals surface area contributed by atoms with E-state index in [9.17, 15) is 36.7 Å². The minimum atomic E-state index is -0.270. The Labute approximate surface area is 836 Å². The third kappa shape index (κ3) is 22.9. The van der Waals surface area contributed by atoms with Gasteiger partial charge in [-0.3, -0.25) is 19.2 Å². The van der Waals surface area contributed by atoms with Crippen molar-refractivity contribution >= 4 is 57.7 Å². The maximum absolute atomic E-state index is 13.6. The summed E-state index contributed by atoms with van der Waals surface area (Å²) in [4.78, 5) is 90.7. The predicted octanol–water partition coefficient (Wildman–Crippen LogP) is 27.2. The molecule has 16 saturated carbocycles. The number of carbonyl (C=O) groups is 4. The molecule has 16 aliphatic rings. The third-order valence-electron chi connectivity index (χ3n) is 34.4. The molecule has 16 aliphatic carbocycles. The standard InChI is InChI=1S/C33H32FN3O.C31H34FN3O.C30H32FN3O.C29H30FN3O/c34-28-9-7-26(8-10-28)30-20-35-32(37-31(38)15-21-5-6-25-3-1-2-4-27(25)14-21)29(36-30)19-33-16-22-11-23(17-33)13-24(12-22)18-33;32-26-11-9-25(10-12-26)28-20-33-30(35-29(36)8-4-7-21-5-2-1-3-6-21)27(34-28)19-31-16-22-13-23(17-31)15-24(14-22)18-31;31-25-9-7-24(8-10-25)27-19-32-29(34-28(35)11-6-20-4-2-1-3-5-20)26(33-27)18-30-15-21-12-22(16-30)14-23(13-21)17-30;30-24-8-6-23(7-9-24)26-18-31-28(33-27(34)13-19-4-2-1-3-5-19)25(32-26)17-29-14-20-10-21(15-29)12-22(11-20)16-29/h1-10,14,20,22-24H,11-13,15-19H2,(H,35,37,38);1-3,5-6,9-12,20,22-24H,4,7-8,13-19H2,(H,33,35,36);1-5,7-10,19,21-23H,6,11-18H2,(H,32,34,35);1-9,18,20-22H,10-17H2,(H,31,33,34). The topological polar surface area (TPSA) is 220 Å². The summed E-state index contributed by atoms with van der Waals surface area (Å²) in [5, 5.41) is 14.6. The molecule has 4 amide bonds. The van der Waals surface area contributed by atoms with Crippen LogP contribution < -0.4 is 21.3 Å². The Morgan fingerprint density at radius 2 is 0.510 bits per heavy atom. The second-order valence-electron chi connectivity index (χ2n) is 45.6. The Balaban J connectivity index is 0.000000109. The number of aromatic nitrogens is 8. The largest absolute Gasteiger partial charge is 0.309 e. The van der Waals surface area contributed by atoms with Crippen LogP contribution in [0.4, 0.5) is 40.8 Å². The minimum Gasteiger partial charge on any atom is -0.309 e. The minimum absolute atomic E-state index is 0.0125. The van der Waals surface area contributed by atoms with Gasteiger partial charge in [-0.2, -0.15) is 0 Å². The molecule has 0 atom stereocenters. The van der Waals surface area contributed by atoms with Crippen LogP contribution in [0.25, 0.3) is 55.8 Å². The van der Waals surface area contributed by atoms with Crippen LogP contribution in [0.15, 0.2) is 255 Å². The number of aryl methyl sites for hydroxylation is 2. The van der Waals surface area contributed by atoms with Crippen molar-refractivity contribution in [3.8, 4) is 45.0 Å². The van der Waals surface area contributed by atoms with Crippen LogP contribution in [0.1, 0.15) is 218 Å². The number of nitrogens with zero attached hydrogens (tertiary/aromatic N) is 8. The van der Waals surface area contributed by atoms with E-state index in [2.05, 4.69) is 67.6 Å². The Kier molecular flexibility index (Phi) is 27.6. The van der Waals surface area contributed by atoms with E-state index in [1.54, 1.807) is 73.3 Å². The smallest absolute Gasteiger partial charge is 0.229 e. The van der Waals surface area contributed by atoms with Crippen molar-refractivity contribution in [2.75, 3.05) is 21.3 Å². The van der Waals surface area contributed by atoms with Crippen molar-refractivity contribution in [1.82, 2.24) is 39.9 Å². The van der Waals surface area contributed by atoms with Gasteiger partial charge in [-0.25, -0.2) is 57.4 Å². The molecule has 0 spiro atoms. The number of rotatable bonds is 27. The molecule has 0 unspecified atom stereocenters. The van der Waals surface area contributed by atoms with Gasteiger partial charge in [-0.05, 0) is 422 Å². The number of fused-ring (bicyclic) bond motifs is 1. The fraction of sp³-hybridized carbons (Fsp3) is 0.415. The number of halogens is 4. The second-order valence-corrected chi connectivity index (χ2v) is 45.6. The first-order valence-electron chi connectivity index (χ1n) is 52.9. The maximum Gasteiger partial charge on any atom is 0.229 e. The lowest BCUT2D eigenvalue weighted by atomic mass is 9.48. The SMILES string of the molecule is O=C(CCCc1ccccc1)Nc1ncc(-c2ccc(F)cc2)nc1CC12CC3CC(CC(C3)C1)C2.O=C(CCc1ccccc1)Nc1ncc(-c2ccc(F)cc2)nc1CC12CC3CC(CC(C3)C1)C2.O=C(Cc1ccc2ccccc2c1)Nc1ncc(-c2ccc(F)cc2)nc1CC12CC3CC(CC(C3)C1)C2.O=C(Cc1ccccc1)Nc1ncc(-c2ccc(F)cc2)nc1CC12CC3CC(CC(C3)C1)C2. The normalized spacial score (nSPS) is 26.3. The first-order chi connectivity index (χ1) is 69.6. The quantitative estimate of drug-likeness (QED) is 0.0353. The molecular weight excluding hydrogens is 1790 g/mol. The van der Waals surface area contributed by atoms with E-state index in [4.69, 9.17) is 29.9 Å². The van der Waals surface area contributed by atoms with Gasteiger partial charge < -0.3 is 21.3 Å². The van der Waals surface area contributed by atoms with E-state index in [1.807, 2.05) is 97.1 Å². The summed E-state index contributed by atoms with van der Waals surface area (Å²) in [7, 11) is 0. The molecule has 20 heteroatoms. The molecule has 9 aromatic carbocycles. The van der Waals surface area contributed by atoms with Crippen LogP contribution in [0, 0.1) is 116 Å². The summed E-state index contributed by atoms with van der Waals surface area (Å²) < 4.78 is 54.0. The maximum atomic E-state index is 13.6. The van der Waals surface area contributed by atoms with Crippen molar-refractivity contribution in [2.24, 2.45) is 92.7 Å². The van der Waals surface area contributed by atoms with E-state index >= 15 is 0 Å². The Bertz CT molecular complexity index is 6610. The van der Waals surface area contributed by atoms with E-state index in [0.29, 0.717) is 49.0 Å². The average Bonchev–Trinajstić information content (AvgIpc) is 0.753. The van der Waals surface area contributed by atoms with Gasteiger partial charge >= 0.3 is 0 Å². The van der Waals surface area contributed by atoms with Crippen LogP contribution in [0.5, 0.6) is 0 Å². The molecule has 0 saturated heterocycles. The van der Waals surface area contributed by atoms with Gasteiger partial charge in [0.15, 0.2) is 23.3 Å². The van der Waals surface area contributed by atoms with E-state index < -0.39 is 0 Å². The van der Waals surface area contributed by atoms with Gasteiger partial charge in [-0.15, -0.1) is 0 Å². The monoisotopic (exact) mass is 1910 g/mol. The fourth-order valence-corrected chi connectivity index (χ4v) is 30.2. The van der Waals surface area contributed by atoms with Gasteiger partial charge in [0.05, 0.1) is 83.2 Å². The highest BCUT2D eigenvalue weighted by atomic mass is 19.1. The number of anilines is 4. The highest BCUT2D eigenvalue weighted by Crippen LogP contribution is 2.66. The lowest BCUT2D eigenvalue weighted by Crippen LogP contribution is -2.47. The van der Waals surface area contributed by atoms with Crippen LogP contribution >= 0.6 is 0 Å². The number of nitrogens with one attached hydrogen (secondary N) is 4. The van der Waals surface area contributed by atoms with Crippen molar-refractivity contribution < 1.29 is 36.7 Å². The van der Waals surface area contributed by atoms with E-state index in [0.717, 1.165) is 205 Å². The summed E-state index contributed by atoms with van der Waals surface area (Å²) in [5.74, 6) is 11.1. The van der Waals surface area contributed by atoms with Crippen molar-refractivity contribution in [3.05, 3.63) is 324 Å². The first kappa shape index (κ1) is 95.0. The molecule has 16 bridgehead atoms. The van der Waals surface area contributed by atoms with Gasteiger partial charge in [0.1, 0.15) is 23.3 Å². The zero-order valence-corrected chi connectivity index (χ0v) is 81.6. The number of amides is 4. The molecule has 4 heterocycles. The van der Waals surface area contributed by atoms with Crippen LogP contribution in [0.2, 0.25) is 0 Å². The van der Waals surface area contributed by atoms with Gasteiger partial charge in [0, 0.05) is 35.1 Å². The average molecular weight is 1910 g/mol. The molecule has 13 aromatic rings. The molecule has 4 N–H and O–H groups in total. The van der Waals surface area contributed by atoms with Crippen molar-refractivity contribution in [3.63, 3.8) is 0 Å². The molecule has 0 aliphatic heterocycles. The van der Waals surface area contributed by atoms with Crippen molar-refractivity contribution in [1.29, 1.82) is 0 Å². The molecule has 16 nitrogen and oxygen atoms in total. The fourth-order valence-electron chi connectivity index (χ4n) is 30.2. The molecule has 29 rings (SSSR count). The number of hydrogen-bond donors (Lipinski definition) is 4. The van der Waals surface area contributed by atoms with E-state index in [1.165, 1.54) is 208 Å². The second kappa shape index (κ2) is 41.5. The first-order valence-corrected chi connectivity index (χ1v) is 52.9. The number of carbonyl (C=O) groups excluding carboxylic acids is 4. The lowest BCUT2D eigenvalue weighted by molar-refractivity contribution is -0.117. The van der Waals surface area contributed by atoms with Crippen LogP contribution in [0.3, 0.4) is 0 Å². The van der Waals surface area contributed by atoms with Crippen LogP contribution in [-0.4, -0.2) is 63.5 Å². The van der Waals surface area contributed by atoms with Gasteiger partial charge in [0.25, 0.3) is 0 Å². The van der Waals surface area contributed by atoms with Gasteiger partial charge in [0.2, 0.25) is 23.6 Å². The van der Waals surface area contributed by atoms with Crippen molar-refractivity contribution in [2.45, 2.75) is 225 Å². The summed E-state index contributed by atoms with van der Waals surface area (Å²) >= 11 is 0. The number of benzene rings is 9. The predicted molar refractivity (Wildman–Crippen MR) is 553 cm³/mol. The summed E-state index contributed by atoms with van der Waals surface area (Å²) in [6.45, 7) is 0. The Hall–Kier alpha value is -12.8. The summed E-state index contributed by atoms with van der Waals surface area (Å²) in [5.41, 5.74) is 15.2. The molecule has 4 aromatic heterocycles. The van der Waals surface area contributed by atoms with Crippen LogP contribution in [-0.2, 0) is 70.5 Å². The zero-order valence-electron chi connectivity index (χ0n) is 81.6. The summed E-state index contributed by atoms with van der Waals surface area (Å²) in [6.07, 6.45) is 45.8. The molecule has 0 radical (unpaired) electrons. The Morgan fingerprint density at radius 1 is 0.259 bits per heavy atom. The third-order valence-corrected chi connectivity index (χ3v) is 34.4. The molecular formula is C123H128F4N12O4. The highest BCUT2D eigenvalue weighted by Gasteiger charge is 2.56. The highest BCUT2D eigenvalue weighted by molar-refractivity contribution is 5.94. The zero-order chi connectivity index (χ0) is 97.2. The van der Waals surface area contributed by atoms with E-state index in [-0.39, 0.29) is 75.0 Å². The lowest BCUT2D eigenvalue weighted by Gasteiger charge is -2.57. The summed E-state index contributed by atoms with van der Waals surface area (Å²) in [6, 6.07) is 70.0. The Morgan fingerprint density at radius 3 is 0.811 bits per heavy atom.